The molecule has 17 heavy (non-hydrogen) atoms. The molecule has 1 atom stereocenters. The van der Waals surface area contributed by atoms with Crippen molar-refractivity contribution in [3.63, 3.8) is 0 Å². The van der Waals surface area contributed by atoms with Crippen LogP contribution < -0.4 is 0 Å². The summed E-state index contributed by atoms with van der Waals surface area (Å²) in [5.74, 6) is 0.614. The minimum Gasteiger partial charge on any atom is -0.307 e. The molecular formula is C14H24O2S. The lowest BCUT2D eigenvalue weighted by Gasteiger charge is -2.06. The summed E-state index contributed by atoms with van der Waals surface area (Å²) in [4.78, 5) is 20.7. The van der Waals surface area contributed by atoms with Crippen LogP contribution in [0.25, 0.3) is 0 Å². The number of hydrogen-bond acceptors (Lipinski definition) is 3. The first kappa shape index (κ1) is 18.4. The highest BCUT2D eigenvalue weighted by atomic mass is 32.1. The van der Waals surface area contributed by atoms with Crippen molar-refractivity contribution in [2.75, 3.05) is 0 Å². The lowest BCUT2D eigenvalue weighted by Crippen LogP contribution is -2.09. The third-order valence-corrected chi connectivity index (χ3v) is 3.24. The molecule has 3 heteroatoms. The zero-order valence-corrected chi connectivity index (χ0v) is 12.2. The van der Waals surface area contributed by atoms with Crippen LogP contribution in [0.15, 0.2) is 17.5 Å². The van der Waals surface area contributed by atoms with Crippen LogP contribution in [0.3, 0.4) is 0 Å². The molecule has 0 aromatic carbocycles. The van der Waals surface area contributed by atoms with E-state index in [9.17, 15) is 4.79 Å². The minimum atomic E-state index is 0.229. The van der Waals surface area contributed by atoms with Crippen LogP contribution in [0, 0.1) is 5.92 Å². The third-order valence-electron chi connectivity index (χ3n) is 2.30. The van der Waals surface area contributed by atoms with Crippen molar-refractivity contribution in [2.24, 2.45) is 5.92 Å². The molecule has 0 radical (unpaired) electrons. The first-order valence-electron chi connectivity index (χ1n) is 6.08. The maximum absolute atomic E-state index is 11.3. The number of carbonyl (C=O) groups is 2. The van der Waals surface area contributed by atoms with Gasteiger partial charge in [-0.15, -0.1) is 11.3 Å². The molecule has 0 N–H and O–H groups in total. The van der Waals surface area contributed by atoms with Crippen LogP contribution in [-0.4, -0.2) is 12.6 Å². The van der Waals surface area contributed by atoms with Crippen LogP contribution in [0.4, 0.5) is 0 Å². The highest BCUT2D eigenvalue weighted by Crippen LogP contribution is 2.15. The lowest BCUT2D eigenvalue weighted by molar-refractivity contribution is -0.122. The number of aryl methyl sites for hydroxylation is 1. The molecule has 0 saturated carbocycles. The van der Waals surface area contributed by atoms with Gasteiger partial charge in [-0.25, -0.2) is 0 Å². The van der Waals surface area contributed by atoms with Crippen molar-refractivity contribution >= 4 is 23.9 Å². The monoisotopic (exact) mass is 256 g/mol. The van der Waals surface area contributed by atoms with E-state index in [1.807, 2.05) is 34.5 Å². The normalized spacial score (nSPS) is 10.4. The topological polar surface area (TPSA) is 34.1 Å². The Hall–Kier alpha value is -0.960. The van der Waals surface area contributed by atoms with E-state index in [0.29, 0.717) is 12.2 Å². The van der Waals surface area contributed by atoms with E-state index in [4.69, 9.17) is 4.79 Å². The van der Waals surface area contributed by atoms with Gasteiger partial charge < -0.3 is 4.79 Å². The van der Waals surface area contributed by atoms with Gasteiger partial charge in [0.05, 0.1) is 0 Å². The Bertz CT molecular complexity index is 268. The molecule has 0 aliphatic rings. The van der Waals surface area contributed by atoms with Crippen LogP contribution in [0.5, 0.6) is 0 Å². The summed E-state index contributed by atoms with van der Waals surface area (Å²) in [6.07, 6.45) is 2.71. The number of thiophene rings is 1. The molecule has 0 amide bonds. The maximum Gasteiger partial charge on any atom is 0.135 e. The van der Waals surface area contributed by atoms with Crippen LogP contribution in [0.2, 0.25) is 0 Å². The number of rotatable bonds is 5. The SMILES string of the molecule is C=O.CC.CCC(=O)C(C)CCc1cccs1. The predicted octanol–water partition coefficient (Wildman–Crippen LogP) is 4.14. The van der Waals surface area contributed by atoms with Gasteiger partial charge in [0.25, 0.3) is 0 Å². The summed E-state index contributed by atoms with van der Waals surface area (Å²) in [5, 5.41) is 2.08. The second-order valence-corrected chi connectivity index (χ2v) is 4.37. The Morgan fingerprint density at radius 1 is 1.41 bits per heavy atom. The van der Waals surface area contributed by atoms with E-state index >= 15 is 0 Å². The fourth-order valence-electron chi connectivity index (χ4n) is 1.32. The largest absolute Gasteiger partial charge is 0.307 e. The number of Topliss-reactive ketones (excluding diaryl/α,β-unsaturated/α-hetero) is 1. The second-order valence-electron chi connectivity index (χ2n) is 3.34. The van der Waals surface area contributed by atoms with Crippen LogP contribution in [0.1, 0.15) is 45.4 Å². The first-order chi connectivity index (χ1) is 8.24. The van der Waals surface area contributed by atoms with E-state index in [2.05, 4.69) is 17.5 Å². The lowest BCUT2D eigenvalue weighted by atomic mass is 9.98. The van der Waals surface area contributed by atoms with Crippen molar-refractivity contribution < 1.29 is 9.59 Å². The van der Waals surface area contributed by atoms with Gasteiger partial charge in [0.15, 0.2) is 0 Å². The highest BCUT2D eigenvalue weighted by molar-refractivity contribution is 7.09. The standard InChI is InChI=1S/C11H16OS.C2H6.CH2O/c1-3-11(12)9(2)6-7-10-5-4-8-13-10;2*1-2/h4-5,8-9H,3,6-7H2,1-2H3;1-2H3;1H2. The van der Waals surface area contributed by atoms with Gasteiger partial charge in [0.1, 0.15) is 12.6 Å². The summed E-state index contributed by atoms with van der Waals surface area (Å²) >= 11 is 1.77. The van der Waals surface area contributed by atoms with Gasteiger partial charge in [-0.1, -0.05) is 33.8 Å². The number of carbonyl (C=O) groups excluding carboxylic acids is 2. The van der Waals surface area contributed by atoms with Gasteiger partial charge in [-0.3, -0.25) is 4.79 Å². The van der Waals surface area contributed by atoms with Crippen molar-refractivity contribution in [3.05, 3.63) is 22.4 Å². The fourth-order valence-corrected chi connectivity index (χ4v) is 2.05. The Kier molecular flexibility index (Phi) is 14.2. The molecule has 98 valence electrons. The summed E-state index contributed by atoms with van der Waals surface area (Å²) < 4.78 is 0. The third kappa shape index (κ3) is 8.81. The molecule has 1 unspecified atom stereocenters. The Morgan fingerprint density at radius 3 is 2.41 bits per heavy atom. The molecule has 0 spiro atoms. The molecule has 1 rings (SSSR count). The van der Waals surface area contributed by atoms with E-state index in [1.54, 1.807) is 11.3 Å². The Balaban J connectivity index is 0. The van der Waals surface area contributed by atoms with Gasteiger partial charge >= 0.3 is 0 Å². The number of hydrogen-bond donors (Lipinski definition) is 0. The fraction of sp³-hybridized carbons (Fsp3) is 0.571. The summed E-state index contributed by atoms with van der Waals surface area (Å²) in [6.45, 7) is 9.96. The molecule has 1 aromatic heterocycles. The molecule has 0 saturated heterocycles. The van der Waals surface area contributed by atoms with Crippen molar-refractivity contribution in [3.8, 4) is 0 Å². The molecule has 0 aliphatic heterocycles. The zero-order valence-electron chi connectivity index (χ0n) is 11.4. The first-order valence-corrected chi connectivity index (χ1v) is 6.96. The van der Waals surface area contributed by atoms with Gasteiger partial charge in [-0.05, 0) is 24.3 Å². The van der Waals surface area contributed by atoms with Crippen LogP contribution in [-0.2, 0) is 16.0 Å². The summed E-state index contributed by atoms with van der Waals surface area (Å²) in [6, 6.07) is 4.19. The minimum absolute atomic E-state index is 0.229. The average molecular weight is 256 g/mol. The molecule has 0 fully saturated rings. The quantitative estimate of drug-likeness (QED) is 0.793. The average Bonchev–Trinajstić information content (AvgIpc) is 2.92. The molecular weight excluding hydrogens is 232 g/mol. The smallest absolute Gasteiger partial charge is 0.135 e. The zero-order chi connectivity index (χ0) is 13.7. The van der Waals surface area contributed by atoms with Crippen molar-refractivity contribution in [2.45, 2.75) is 47.0 Å². The number of ketones is 1. The Labute approximate surface area is 109 Å². The molecule has 0 bridgehead atoms. The molecule has 1 heterocycles. The van der Waals surface area contributed by atoms with Gasteiger partial charge in [0.2, 0.25) is 0 Å². The van der Waals surface area contributed by atoms with Gasteiger partial charge in [0, 0.05) is 17.2 Å². The second kappa shape index (κ2) is 13.1. The summed E-state index contributed by atoms with van der Waals surface area (Å²) in [7, 11) is 0. The van der Waals surface area contributed by atoms with Crippen LogP contribution >= 0.6 is 11.3 Å². The van der Waals surface area contributed by atoms with E-state index in [-0.39, 0.29) is 5.92 Å². The maximum atomic E-state index is 11.3. The van der Waals surface area contributed by atoms with Crippen molar-refractivity contribution in [1.29, 1.82) is 0 Å². The van der Waals surface area contributed by atoms with Gasteiger partial charge in [-0.2, -0.15) is 0 Å². The summed E-state index contributed by atoms with van der Waals surface area (Å²) in [5.41, 5.74) is 0. The van der Waals surface area contributed by atoms with Crippen molar-refractivity contribution in [1.82, 2.24) is 0 Å². The molecule has 1 aromatic rings. The molecule has 2 nitrogen and oxygen atoms in total. The predicted molar refractivity (Wildman–Crippen MR) is 75.6 cm³/mol. The Morgan fingerprint density at radius 2 is 2.00 bits per heavy atom. The van der Waals surface area contributed by atoms with E-state index in [1.165, 1.54) is 4.88 Å². The van der Waals surface area contributed by atoms with E-state index < -0.39 is 0 Å². The molecule has 0 aliphatic carbocycles. The van der Waals surface area contributed by atoms with E-state index in [0.717, 1.165) is 12.8 Å². The highest BCUT2D eigenvalue weighted by Gasteiger charge is 2.10.